The Balaban J connectivity index is 1.60. The van der Waals surface area contributed by atoms with Crippen LogP contribution in [0.1, 0.15) is 89.6 Å². The van der Waals surface area contributed by atoms with E-state index in [9.17, 15) is 19.2 Å². The summed E-state index contributed by atoms with van der Waals surface area (Å²) in [4.78, 5) is 56.9. The second-order valence-electron chi connectivity index (χ2n) is 13.8. The number of ether oxygens (including phenoxy) is 1. The van der Waals surface area contributed by atoms with E-state index in [4.69, 9.17) is 4.74 Å². The Labute approximate surface area is 255 Å². The van der Waals surface area contributed by atoms with E-state index in [2.05, 4.69) is 15.5 Å². The summed E-state index contributed by atoms with van der Waals surface area (Å²) in [5.74, 6) is -0.832. The third-order valence-electron chi connectivity index (χ3n) is 7.91. The van der Waals surface area contributed by atoms with Crippen LogP contribution in [0.3, 0.4) is 0 Å². The third kappa shape index (κ3) is 8.15. The summed E-state index contributed by atoms with van der Waals surface area (Å²) in [6, 6.07) is 11.3. The molecule has 2 aromatic rings. The van der Waals surface area contributed by atoms with Crippen molar-refractivity contribution in [3.63, 3.8) is 0 Å². The van der Waals surface area contributed by atoms with Crippen LogP contribution in [0.25, 0.3) is 0 Å². The normalized spacial score (nSPS) is 18.0. The number of Topliss-reactive ketones (excluding diaryl/α,β-unsaturated/α-hetero) is 1. The number of esters is 1. The Morgan fingerprint density at radius 1 is 0.907 bits per heavy atom. The number of carbonyl (C=O) groups excluding carboxylic acids is 4. The molecule has 0 aromatic heterocycles. The van der Waals surface area contributed by atoms with Gasteiger partial charge in [-0.3, -0.25) is 9.59 Å². The molecular formula is C34H46N4O5. The molecule has 2 aliphatic rings. The minimum absolute atomic E-state index is 0.0623. The van der Waals surface area contributed by atoms with Gasteiger partial charge in [-0.25, -0.2) is 9.59 Å². The number of anilines is 3. The third-order valence-corrected chi connectivity index (χ3v) is 7.91. The maximum absolute atomic E-state index is 14.2. The number of urea groups is 1. The summed E-state index contributed by atoms with van der Waals surface area (Å²) in [6.45, 7) is 13.1. The quantitative estimate of drug-likeness (QED) is 0.386. The van der Waals surface area contributed by atoms with Gasteiger partial charge in [-0.1, -0.05) is 46.1 Å². The van der Waals surface area contributed by atoms with Crippen molar-refractivity contribution < 1.29 is 23.9 Å². The van der Waals surface area contributed by atoms with Gasteiger partial charge in [-0.05, 0) is 82.5 Å². The maximum Gasteiger partial charge on any atom is 0.338 e. The molecule has 0 bridgehead atoms. The zero-order valence-electron chi connectivity index (χ0n) is 26.6. The van der Waals surface area contributed by atoms with Crippen molar-refractivity contribution in [2.75, 3.05) is 28.2 Å². The molecule has 1 heterocycles. The molecule has 0 saturated heterocycles. The highest BCUT2D eigenvalue weighted by Gasteiger charge is 2.39. The molecule has 3 amide bonds. The van der Waals surface area contributed by atoms with Crippen molar-refractivity contribution in [1.82, 2.24) is 5.32 Å². The molecule has 232 valence electrons. The number of ketones is 1. The van der Waals surface area contributed by atoms with Crippen molar-refractivity contribution in [3.05, 3.63) is 53.6 Å². The van der Waals surface area contributed by atoms with Crippen LogP contribution >= 0.6 is 0 Å². The van der Waals surface area contributed by atoms with Crippen LogP contribution in [0, 0.1) is 12.3 Å². The zero-order valence-corrected chi connectivity index (χ0v) is 26.6. The molecule has 9 heteroatoms. The van der Waals surface area contributed by atoms with Gasteiger partial charge in [0.05, 0.1) is 23.5 Å². The predicted molar refractivity (Wildman–Crippen MR) is 170 cm³/mol. The molecule has 43 heavy (non-hydrogen) atoms. The minimum atomic E-state index is -0.886. The second-order valence-corrected chi connectivity index (χ2v) is 13.8. The summed E-state index contributed by atoms with van der Waals surface area (Å²) >= 11 is 0. The molecule has 0 unspecified atom stereocenters. The van der Waals surface area contributed by atoms with Crippen LogP contribution in [0.4, 0.5) is 21.9 Å². The van der Waals surface area contributed by atoms with Gasteiger partial charge in [-0.15, -0.1) is 0 Å². The van der Waals surface area contributed by atoms with Crippen molar-refractivity contribution >= 4 is 40.8 Å². The van der Waals surface area contributed by atoms with Crippen molar-refractivity contribution in [3.8, 4) is 0 Å². The van der Waals surface area contributed by atoms with Gasteiger partial charge in [0.15, 0.2) is 5.78 Å². The van der Waals surface area contributed by atoms with E-state index in [0.29, 0.717) is 23.5 Å². The molecule has 2 N–H and O–H groups in total. The van der Waals surface area contributed by atoms with Crippen molar-refractivity contribution in [2.45, 2.75) is 98.3 Å². The molecule has 0 radical (unpaired) electrons. The molecule has 0 spiro atoms. The van der Waals surface area contributed by atoms with Gasteiger partial charge < -0.3 is 25.2 Å². The largest absolute Gasteiger partial charge is 0.456 e. The highest BCUT2D eigenvalue weighted by atomic mass is 16.6. The van der Waals surface area contributed by atoms with E-state index >= 15 is 0 Å². The molecule has 1 saturated carbocycles. The Hall–Kier alpha value is -3.88. The van der Waals surface area contributed by atoms with Crippen LogP contribution in [0.15, 0.2) is 42.5 Å². The summed E-state index contributed by atoms with van der Waals surface area (Å²) in [5, 5.41) is 5.69. The average molecular weight is 591 g/mol. The molecule has 1 fully saturated rings. The monoisotopic (exact) mass is 590 g/mol. The van der Waals surface area contributed by atoms with Gasteiger partial charge >= 0.3 is 12.0 Å². The Morgan fingerprint density at radius 3 is 2.16 bits per heavy atom. The molecule has 9 nitrogen and oxygen atoms in total. The van der Waals surface area contributed by atoms with E-state index in [1.165, 1.54) is 6.42 Å². The van der Waals surface area contributed by atoms with Crippen LogP contribution < -0.4 is 20.4 Å². The first-order valence-electron chi connectivity index (χ1n) is 15.3. The zero-order chi connectivity index (χ0) is 31.5. The molecule has 4 rings (SSSR count). The summed E-state index contributed by atoms with van der Waals surface area (Å²) < 4.78 is 5.41. The number of benzene rings is 2. The lowest BCUT2D eigenvalue weighted by Gasteiger charge is -2.37. The molecular weight excluding hydrogens is 544 g/mol. The number of aryl methyl sites for hydroxylation is 1. The number of nitrogens with one attached hydrogen (secondary N) is 2. The highest BCUT2D eigenvalue weighted by molar-refractivity contribution is 6.08. The number of hydrogen-bond donors (Lipinski definition) is 2. The first-order valence-corrected chi connectivity index (χ1v) is 15.3. The Morgan fingerprint density at radius 2 is 1.56 bits per heavy atom. The smallest absolute Gasteiger partial charge is 0.338 e. The second kappa shape index (κ2) is 12.8. The van der Waals surface area contributed by atoms with E-state index in [1.54, 1.807) is 49.9 Å². The van der Waals surface area contributed by atoms with E-state index in [-0.39, 0.29) is 24.3 Å². The van der Waals surface area contributed by atoms with Gasteiger partial charge in [0.2, 0.25) is 0 Å². The fraction of sp³-hybridized carbons (Fsp3) is 0.529. The van der Waals surface area contributed by atoms with E-state index < -0.39 is 29.1 Å². The summed E-state index contributed by atoms with van der Waals surface area (Å²) in [7, 11) is 0. The number of fused-ring (bicyclic) bond motifs is 1. The number of hydrogen-bond acceptors (Lipinski definition) is 6. The van der Waals surface area contributed by atoms with Crippen LogP contribution in [0.2, 0.25) is 0 Å². The van der Waals surface area contributed by atoms with E-state index in [1.807, 2.05) is 45.9 Å². The topological polar surface area (TPSA) is 108 Å². The maximum atomic E-state index is 14.2. The average Bonchev–Trinajstić information content (AvgIpc) is 3.03. The molecule has 1 aliphatic carbocycles. The Kier molecular flexibility index (Phi) is 9.52. The number of rotatable bonds is 6. The number of nitrogens with zero attached hydrogens (tertiary/aromatic N) is 2. The lowest BCUT2D eigenvalue weighted by atomic mass is 9.90. The lowest BCUT2D eigenvalue weighted by Crippen LogP contribution is -2.55. The number of amides is 3. The van der Waals surface area contributed by atoms with Crippen molar-refractivity contribution in [2.24, 2.45) is 5.41 Å². The van der Waals surface area contributed by atoms with Gasteiger partial charge in [0, 0.05) is 23.7 Å². The summed E-state index contributed by atoms with van der Waals surface area (Å²) in [6.07, 6.45) is 5.42. The molecule has 1 aliphatic heterocycles. The van der Waals surface area contributed by atoms with E-state index in [0.717, 1.165) is 36.9 Å². The fourth-order valence-corrected chi connectivity index (χ4v) is 5.51. The first kappa shape index (κ1) is 32.0. The predicted octanol–water partition coefficient (Wildman–Crippen LogP) is 6.24. The first-order chi connectivity index (χ1) is 20.1. The highest BCUT2D eigenvalue weighted by Crippen LogP contribution is 2.38. The van der Waals surface area contributed by atoms with Crippen LogP contribution in [0.5, 0.6) is 0 Å². The Bertz CT molecular complexity index is 1350. The summed E-state index contributed by atoms with van der Waals surface area (Å²) in [5.41, 5.74) is 2.19. The number of carbonyl (C=O) groups is 4. The SMILES string of the molecule is Cc1ccc2c(c1)N(CC(=O)C(C)(C)C)C(=O)[C@H](NC(=O)Nc1ccc(C(=O)OC(C)(C)C)cc1)CN2C1CCCCC1. The molecule has 2 aromatic carbocycles. The lowest BCUT2D eigenvalue weighted by molar-refractivity contribution is -0.127. The minimum Gasteiger partial charge on any atom is -0.456 e. The van der Waals surface area contributed by atoms with Gasteiger partial charge in [0.25, 0.3) is 5.91 Å². The van der Waals surface area contributed by atoms with Gasteiger partial charge in [-0.2, -0.15) is 0 Å². The van der Waals surface area contributed by atoms with Gasteiger partial charge in [0.1, 0.15) is 11.6 Å². The van der Waals surface area contributed by atoms with Crippen LogP contribution in [-0.2, 0) is 14.3 Å². The molecule has 1 atom stereocenters. The fourth-order valence-electron chi connectivity index (χ4n) is 5.51. The standard InChI is InChI=1S/C34H46N4O5/c1-22-13-18-27-28(19-22)38(21-29(39)33(2,3)4)30(40)26(20-37(27)25-11-9-8-10-12-25)36-32(42)35-24-16-14-23(15-17-24)31(41)43-34(5,6)7/h13-19,25-26H,8-12,20-21H2,1-7H3,(H2,35,36,42)/t26-/m1/s1. The van der Waals surface area contributed by atoms with Crippen LogP contribution in [-0.4, -0.2) is 54.5 Å². The van der Waals surface area contributed by atoms with Crippen molar-refractivity contribution in [1.29, 1.82) is 0 Å².